The molecule has 6 heteroatoms. The molecule has 0 atom stereocenters. The van der Waals surface area contributed by atoms with E-state index in [1.165, 1.54) is 6.92 Å². The zero-order valence-electron chi connectivity index (χ0n) is 6.50. The number of hydrogen-bond donors (Lipinski definition) is 0. The maximum absolute atomic E-state index is 11.0. The number of terminal acetylenes is 1. The van der Waals surface area contributed by atoms with Crippen LogP contribution in [0, 0.1) is 12.3 Å². The van der Waals surface area contributed by atoms with Gasteiger partial charge in [0, 0.05) is 12.0 Å². The number of allylic oxidation sites excluding steroid dienone is 2. The van der Waals surface area contributed by atoms with Gasteiger partial charge in [-0.25, -0.2) is 0 Å². The summed E-state index contributed by atoms with van der Waals surface area (Å²) in [5, 5.41) is 0. The molecule has 76 valence electrons. The Kier molecular flexibility index (Phi) is 6.11. The molecular weight excluding hydrogens is 198 g/mol. The molecule has 13 heavy (non-hydrogen) atoms. The highest BCUT2D eigenvalue weighted by atomic mass is 19.4. The molecule has 0 aromatic rings. The van der Waals surface area contributed by atoms with Gasteiger partial charge in [0.05, 0.1) is 0 Å². The predicted octanol–water partition coefficient (Wildman–Crippen LogP) is 3.31. The fourth-order valence-corrected chi connectivity index (χ4v) is 0.189. The van der Waals surface area contributed by atoms with Gasteiger partial charge in [-0.3, -0.25) is 0 Å². The van der Waals surface area contributed by atoms with Gasteiger partial charge in [-0.2, -0.15) is 26.3 Å². The lowest BCUT2D eigenvalue weighted by atomic mass is 10.5. The van der Waals surface area contributed by atoms with Crippen LogP contribution >= 0.6 is 0 Å². The van der Waals surface area contributed by atoms with Crippen LogP contribution in [0.25, 0.3) is 0 Å². The molecule has 0 N–H and O–H groups in total. The molecule has 0 nitrogen and oxygen atoms in total. The van der Waals surface area contributed by atoms with Crippen molar-refractivity contribution in [3.05, 3.63) is 12.2 Å². The van der Waals surface area contributed by atoms with Gasteiger partial charge in [-0.05, 0) is 6.92 Å². The summed E-state index contributed by atoms with van der Waals surface area (Å²) in [7, 11) is 0. The number of halogens is 6. The number of alkyl halides is 6. The third kappa shape index (κ3) is 24.8. The fraction of sp³-hybridized carbons (Fsp3) is 0.429. The van der Waals surface area contributed by atoms with E-state index < -0.39 is 12.4 Å². The summed E-state index contributed by atoms with van der Waals surface area (Å²) in [6.45, 7) is 1.33. The van der Waals surface area contributed by atoms with Gasteiger partial charge in [0.15, 0.2) is 0 Å². The molecule has 0 rings (SSSR count). The Morgan fingerprint density at radius 1 is 1.08 bits per heavy atom. The second-order valence-corrected chi connectivity index (χ2v) is 1.68. The van der Waals surface area contributed by atoms with Crippen LogP contribution in [0.5, 0.6) is 0 Å². The smallest absolute Gasteiger partial charge is 0.167 e. The minimum absolute atomic E-state index is 0.188. The summed E-state index contributed by atoms with van der Waals surface area (Å²) >= 11 is 0. The molecule has 0 radical (unpaired) electrons. The van der Waals surface area contributed by atoms with E-state index in [0.717, 1.165) is 6.08 Å². The molecule has 0 fully saturated rings. The molecule has 0 unspecified atom stereocenters. The standard InChI is InChI=1S/C4H5F3.C3HF3/c1-2-3-4(5,6)7;1-2-3(4,5)6/h2-3H,1H3;1H/b3-2-;. The molecule has 0 aliphatic carbocycles. The van der Waals surface area contributed by atoms with E-state index in [1.807, 2.05) is 0 Å². The summed E-state index contributed by atoms with van der Waals surface area (Å²) in [5.74, 6) is 0.604. The molecule has 0 aromatic carbocycles. The average Bonchev–Trinajstić information content (AvgIpc) is 1.84. The van der Waals surface area contributed by atoms with E-state index in [9.17, 15) is 26.3 Å². The summed E-state index contributed by atoms with van der Waals surface area (Å²) < 4.78 is 64.6. The highest BCUT2D eigenvalue weighted by Crippen LogP contribution is 2.15. The normalized spacial score (nSPS) is 11.8. The van der Waals surface area contributed by atoms with Gasteiger partial charge in [0.2, 0.25) is 0 Å². The zero-order valence-corrected chi connectivity index (χ0v) is 6.50. The maximum Gasteiger partial charge on any atom is 0.457 e. The van der Waals surface area contributed by atoms with Crippen LogP contribution in [0.4, 0.5) is 26.3 Å². The molecule has 0 saturated carbocycles. The molecule has 0 heterocycles. The van der Waals surface area contributed by atoms with Gasteiger partial charge < -0.3 is 0 Å². The highest BCUT2D eigenvalue weighted by Gasteiger charge is 2.21. The van der Waals surface area contributed by atoms with Crippen molar-refractivity contribution < 1.29 is 26.3 Å². The summed E-state index contributed by atoms with van der Waals surface area (Å²) in [6, 6.07) is 0. The molecule has 0 spiro atoms. The lowest BCUT2D eigenvalue weighted by molar-refractivity contribution is -0.0800. The Bertz CT molecular complexity index is 188. The second kappa shape index (κ2) is 5.51. The van der Waals surface area contributed by atoms with Gasteiger partial charge in [-0.1, -0.05) is 6.08 Å². The Hall–Kier alpha value is -1.12. The zero-order chi connectivity index (χ0) is 11.1. The van der Waals surface area contributed by atoms with Crippen molar-refractivity contribution in [2.75, 3.05) is 0 Å². The lowest BCUT2D eigenvalue weighted by Crippen LogP contribution is -1.99. The maximum atomic E-state index is 11.0. The third-order valence-corrected chi connectivity index (χ3v) is 0.519. The molecule has 0 saturated heterocycles. The van der Waals surface area contributed by atoms with Crippen LogP contribution in [-0.2, 0) is 0 Å². The van der Waals surface area contributed by atoms with E-state index >= 15 is 0 Å². The SMILES string of the molecule is C#CC(F)(F)F.C/C=C\C(F)(F)F. The topological polar surface area (TPSA) is 0 Å². The molecule has 0 aromatic heterocycles. The monoisotopic (exact) mass is 204 g/mol. The van der Waals surface area contributed by atoms with Crippen LogP contribution in [-0.4, -0.2) is 12.4 Å². The van der Waals surface area contributed by atoms with Crippen LogP contribution in [0.15, 0.2) is 12.2 Å². The Balaban J connectivity index is 0. The number of rotatable bonds is 0. The molecule has 0 aliphatic rings. The summed E-state index contributed by atoms with van der Waals surface area (Å²) in [5.41, 5.74) is 0. The van der Waals surface area contributed by atoms with Crippen molar-refractivity contribution in [3.63, 3.8) is 0 Å². The Labute approximate surface area is 71.2 Å². The van der Waals surface area contributed by atoms with E-state index in [-0.39, 0.29) is 6.08 Å². The summed E-state index contributed by atoms with van der Waals surface area (Å²) in [4.78, 5) is 0. The Morgan fingerprint density at radius 3 is 1.38 bits per heavy atom. The van der Waals surface area contributed by atoms with E-state index in [4.69, 9.17) is 0 Å². The minimum Gasteiger partial charge on any atom is -0.167 e. The predicted molar refractivity (Wildman–Crippen MR) is 35.8 cm³/mol. The van der Waals surface area contributed by atoms with Crippen molar-refractivity contribution in [2.45, 2.75) is 19.3 Å². The van der Waals surface area contributed by atoms with Gasteiger partial charge >= 0.3 is 12.4 Å². The lowest BCUT2D eigenvalue weighted by Gasteiger charge is -1.93. The second-order valence-electron chi connectivity index (χ2n) is 1.68. The van der Waals surface area contributed by atoms with E-state index in [0.29, 0.717) is 5.92 Å². The van der Waals surface area contributed by atoms with E-state index in [2.05, 4.69) is 6.42 Å². The first-order chi connectivity index (χ1) is 5.62. The minimum atomic E-state index is -4.43. The molecule has 0 bridgehead atoms. The first-order valence-corrected chi connectivity index (χ1v) is 2.87. The highest BCUT2D eigenvalue weighted by molar-refractivity contribution is 4.92. The van der Waals surface area contributed by atoms with Gasteiger partial charge in [0.25, 0.3) is 0 Å². The Morgan fingerprint density at radius 2 is 1.38 bits per heavy atom. The van der Waals surface area contributed by atoms with Crippen molar-refractivity contribution in [2.24, 2.45) is 0 Å². The summed E-state index contributed by atoms with van der Waals surface area (Å²) in [6.07, 6.45) is -3.48. The quantitative estimate of drug-likeness (QED) is 0.322. The molecule has 0 amide bonds. The first kappa shape index (κ1) is 14.4. The van der Waals surface area contributed by atoms with Crippen molar-refractivity contribution in [1.82, 2.24) is 0 Å². The molecular formula is C7H6F6. The van der Waals surface area contributed by atoms with Gasteiger partial charge in [0.1, 0.15) is 0 Å². The largest absolute Gasteiger partial charge is 0.457 e. The third-order valence-electron chi connectivity index (χ3n) is 0.519. The van der Waals surface area contributed by atoms with Crippen LogP contribution in [0.3, 0.4) is 0 Å². The van der Waals surface area contributed by atoms with Crippen molar-refractivity contribution in [3.8, 4) is 12.3 Å². The molecule has 0 aliphatic heterocycles. The van der Waals surface area contributed by atoms with Crippen LogP contribution in [0.2, 0.25) is 0 Å². The van der Waals surface area contributed by atoms with Crippen LogP contribution in [0.1, 0.15) is 6.92 Å². The first-order valence-electron chi connectivity index (χ1n) is 2.87. The van der Waals surface area contributed by atoms with Crippen LogP contribution < -0.4 is 0 Å². The number of hydrogen-bond acceptors (Lipinski definition) is 0. The van der Waals surface area contributed by atoms with Crippen molar-refractivity contribution in [1.29, 1.82) is 0 Å². The van der Waals surface area contributed by atoms with Gasteiger partial charge in [-0.15, -0.1) is 6.42 Å². The fourth-order valence-electron chi connectivity index (χ4n) is 0.189. The van der Waals surface area contributed by atoms with Crippen molar-refractivity contribution >= 4 is 0 Å². The van der Waals surface area contributed by atoms with E-state index in [1.54, 1.807) is 0 Å². The average molecular weight is 204 g/mol.